The molecule has 1 saturated carbocycles. The summed E-state index contributed by atoms with van der Waals surface area (Å²) in [5, 5.41) is 9.99. The molecule has 3 aliphatic rings. The summed E-state index contributed by atoms with van der Waals surface area (Å²) in [6.45, 7) is 6.16. The van der Waals surface area contributed by atoms with Crippen molar-refractivity contribution in [2.45, 2.75) is 84.2 Å². The van der Waals surface area contributed by atoms with Crippen molar-refractivity contribution in [3.05, 3.63) is 67.8 Å². The summed E-state index contributed by atoms with van der Waals surface area (Å²) in [6, 6.07) is 13.0. The van der Waals surface area contributed by atoms with E-state index in [2.05, 4.69) is 48.2 Å². The van der Waals surface area contributed by atoms with E-state index in [9.17, 15) is 14.9 Å². The number of nitriles is 1. The molecular weight excluding hydrogens is 537 g/mol. The van der Waals surface area contributed by atoms with Gasteiger partial charge < -0.3 is 4.90 Å². The molecule has 1 aromatic heterocycles. The van der Waals surface area contributed by atoms with E-state index in [1.165, 1.54) is 17.3 Å². The first-order valence-electron chi connectivity index (χ1n) is 14.7. The second-order valence-corrected chi connectivity index (χ2v) is 12.9. The molecule has 8 heteroatoms. The minimum atomic E-state index is -0.231. The van der Waals surface area contributed by atoms with Gasteiger partial charge in [0, 0.05) is 31.2 Å². The Bertz CT molecular complexity index is 1390. The molecule has 0 N–H and O–H groups in total. The zero-order valence-corrected chi connectivity index (χ0v) is 25.2. The predicted octanol–water partition coefficient (Wildman–Crippen LogP) is 6.43. The number of piperidine rings is 1. The molecule has 0 atom stereocenters. The summed E-state index contributed by atoms with van der Waals surface area (Å²) in [7, 11) is 0. The molecule has 2 saturated heterocycles. The number of thiocarbonyl (C=S) groups is 1. The van der Waals surface area contributed by atoms with Crippen molar-refractivity contribution in [1.82, 2.24) is 9.47 Å². The number of unbranched alkanes of at least 4 members (excludes halogenated alkanes) is 1. The van der Waals surface area contributed by atoms with Gasteiger partial charge in [-0.3, -0.25) is 19.1 Å². The molecule has 6 nitrogen and oxygen atoms in total. The van der Waals surface area contributed by atoms with Crippen molar-refractivity contribution in [3.63, 3.8) is 0 Å². The Morgan fingerprint density at radius 2 is 1.80 bits per heavy atom. The van der Waals surface area contributed by atoms with Crippen molar-refractivity contribution >= 4 is 46.1 Å². The van der Waals surface area contributed by atoms with E-state index < -0.39 is 0 Å². The van der Waals surface area contributed by atoms with E-state index in [0.29, 0.717) is 27.3 Å². The van der Waals surface area contributed by atoms with E-state index in [1.54, 1.807) is 9.47 Å². The highest BCUT2D eigenvalue weighted by molar-refractivity contribution is 8.26. The maximum absolute atomic E-state index is 13.6. The number of pyridine rings is 1. The largest absolute Gasteiger partial charge is 0.357 e. The molecule has 2 aliphatic heterocycles. The molecule has 3 heterocycles. The zero-order chi connectivity index (χ0) is 28.2. The number of carbonyl (C=O) groups excluding carboxylic acids is 1. The van der Waals surface area contributed by atoms with E-state index in [4.69, 9.17) is 12.2 Å². The fraction of sp³-hybridized carbons (Fsp3) is 0.500. The maximum atomic E-state index is 13.6. The van der Waals surface area contributed by atoms with Crippen LogP contribution in [0, 0.1) is 24.2 Å². The highest BCUT2D eigenvalue weighted by Crippen LogP contribution is 2.40. The van der Waals surface area contributed by atoms with Crippen LogP contribution in [0.4, 0.5) is 5.82 Å². The zero-order valence-electron chi connectivity index (χ0n) is 23.5. The molecule has 210 valence electrons. The van der Waals surface area contributed by atoms with Gasteiger partial charge in [-0.2, -0.15) is 5.26 Å². The van der Waals surface area contributed by atoms with Gasteiger partial charge in [0.25, 0.3) is 11.5 Å². The Hall–Kier alpha value is -2.89. The van der Waals surface area contributed by atoms with Gasteiger partial charge in [0.1, 0.15) is 21.8 Å². The molecule has 2 aromatic rings. The van der Waals surface area contributed by atoms with Crippen LogP contribution in [0.25, 0.3) is 6.08 Å². The lowest BCUT2D eigenvalue weighted by Gasteiger charge is -2.36. The summed E-state index contributed by atoms with van der Waals surface area (Å²) >= 11 is 7.02. The van der Waals surface area contributed by atoms with Crippen molar-refractivity contribution in [1.29, 1.82) is 5.26 Å². The molecule has 0 spiro atoms. The molecule has 3 fully saturated rings. The molecule has 0 unspecified atom stereocenters. The molecule has 1 aromatic carbocycles. The van der Waals surface area contributed by atoms with E-state index in [0.717, 1.165) is 82.3 Å². The number of hydrogen-bond donors (Lipinski definition) is 0. The van der Waals surface area contributed by atoms with Crippen LogP contribution in [-0.2, 0) is 17.8 Å². The van der Waals surface area contributed by atoms with Gasteiger partial charge in [-0.1, -0.05) is 80.5 Å². The average molecular weight is 575 g/mol. The van der Waals surface area contributed by atoms with Crippen LogP contribution in [0.1, 0.15) is 80.5 Å². The minimum absolute atomic E-state index is 0.0429. The molecule has 0 bridgehead atoms. The standard InChI is InChI=1S/C32H38N4O2S2/c1-3-4-16-35-29(34-17-14-24(15-18-34)19-23-10-6-5-7-11-23)26(22(2)27(21-33)30(35)37)20-28-31(38)36(32(39)40-28)25-12-8-9-13-25/h5-7,10-11,20,24-25H,3-4,8-9,12-19H2,1-2H3/b28-20-. The summed E-state index contributed by atoms with van der Waals surface area (Å²) in [5.74, 6) is 1.39. The van der Waals surface area contributed by atoms with Crippen LogP contribution in [-0.4, -0.2) is 38.8 Å². The first-order valence-corrected chi connectivity index (χ1v) is 15.9. The molecule has 1 aliphatic carbocycles. The third-order valence-corrected chi connectivity index (χ3v) is 9.98. The summed E-state index contributed by atoms with van der Waals surface area (Å²) in [6.07, 6.45) is 11.0. The van der Waals surface area contributed by atoms with E-state index in [1.807, 2.05) is 13.0 Å². The van der Waals surface area contributed by atoms with Crippen LogP contribution >= 0.6 is 24.0 Å². The molecular formula is C32H38N4O2S2. The normalized spacial score (nSPS) is 19.7. The van der Waals surface area contributed by atoms with Crippen LogP contribution in [0.15, 0.2) is 40.0 Å². The second kappa shape index (κ2) is 12.7. The number of thioether (sulfide) groups is 1. The van der Waals surface area contributed by atoms with Gasteiger partial charge in [0.15, 0.2) is 0 Å². The monoisotopic (exact) mass is 574 g/mol. The third-order valence-electron chi connectivity index (χ3n) is 8.65. The van der Waals surface area contributed by atoms with Crippen molar-refractivity contribution in [3.8, 4) is 6.07 Å². The highest BCUT2D eigenvalue weighted by Gasteiger charge is 2.38. The summed E-state index contributed by atoms with van der Waals surface area (Å²) < 4.78 is 2.42. The van der Waals surface area contributed by atoms with E-state index in [-0.39, 0.29) is 23.1 Å². The molecule has 1 amide bonds. The Balaban J connectivity index is 1.52. The van der Waals surface area contributed by atoms with Crippen molar-refractivity contribution in [2.24, 2.45) is 5.92 Å². The number of benzene rings is 1. The second-order valence-electron chi connectivity index (χ2n) is 11.3. The summed E-state index contributed by atoms with van der Waals surface area (Å²) in [5.41, 5.74) is 2.75. The Kier molecular flexibility index (Phi) is 9.12. The van der Waals surface area contributed by atoms with Crippen LogP contribution in [0.2, 0.25) is 0 Å². The highest BCUT2D eigenvalue weighted by atomic mass is 32.2. The lowest BCUT2D eigenvalue weighted by molar-refractivity contribution is -0.123. The quantitative estimate of drug-likeness (QED) is 0.267. The first-order chi connectivity index (χ1) is 19.4. The topological polar surface area (TPSA) is 69.3 Å². The molecule has 5 rings (SSSR count). The fourth-order valence-corrected chi connectivity index (χ4v) is 7.78. The van der Waals surface area contributed by atoms with Crippen LogP contribution < -0.4 is 10.5 Å². The van der Waals surface area contributed by atoms with Crippen molar-refractivity contribution in [2.75, 3.05) is 18.0 Å². The van der Waals surface area contributed by atoms with Gasteiger partial charge in [-0.05, 0) is 68.6 Å². The third kappa shape index (κ3) is 5.77. The van der Waals surface area contributed by atoms with Gasteiger partial charge in [-0.15, -0.1) is 0 Å². The fourth-order valence-electron chi connectivity index (χ4n) is 6.39. The lowest BCUT2D eigenvalue weighted by atomic mass is 9.90. The Morgan fingerprint density at radius 1 is 1.10 bits per heavy atom. The number of anilines is 1. The lowest BCUT2D eigenvalue weighted by Crippen LogP contribution is -2.40. The molecule has 40 heavy (non-hydrogen) atoms. The predicted molar refractivity (Wildman–Crippen MR) is 167 cm³/mol. The number of amides is 1. The minimum Gasteiger partial charge on any atom is -0.357 e. The average Bonchev–Trinajstić information content (AvgIpc) is 3.58. The Morgan fingerprint density at radius 3 is 2.45 bits per heavy atom. The first kappa shape index (κ1) is 28.6. The molecule has 0 radical (unpaired) electrons. The van der Waals surface area contributed by atoms with Gasteiger partial charge in [0.05, 0.1) is 4.91 Å². The van der Waals surface area contributed by atoms with Crippen molar-refractivity contribution < 1.29 is 4.79 Å². The number of rotatable bonds is 8. The maximum Gasteiger partial charge on any atom is 0.270 e. The van der Waals surface area contributed by atoms with E-state index >= 15 is 0 Å². The number of carbonyl (C=O) groups is 1. The number of nitrogens with zero attached hydrogens (tertiary/aromatic N) is 4. The number of aromatic nitrogens is 1. The number of hydrogen-bond acceptors (Lipinski definition) is 6. The Labute approximate surface area is 247 Å². The SMILES string of the molecule is CCCCn1c(N2CCC(Cc3ccccc3)CC2)c(/C=C2\SC(=S)N(C3CCCC3)C2=O)c(C)c(C#N)c1=O. The van der Waals surface area contributed by atoms with Gasteiger partial charge >= 0.3 is 0 Å². The smallest absolute Gasteiger partial charge is 0.270 e. The summed E-state index contributed by atoms with van der Waals surface area (Å²) in [4.78, 5) is 31.9. The van der Waals surface area contributed by atoms with Crippen LogP contribution in [0.5, 0.6) is 0 Å². The van der Waals surface area contributed by atoms with Gasteiger partial charge in [-0.25, -0.2) is 0 Å². The van der Waals surface area contributed by atoms with Gasteiger partial charge in [0.2, 0.25) is 0 Å². The van der Waals surface area contributed by atoms with Crippen LogP contribution in [0.3, 0.4) is 0 Å².